The van der Waals surface area contributed by atoms with E-state index in [1.807, 2.05) is 30.3 Å². The molecule has 1 aliphatic rings. The van der Waals surface area contributed by atoms with Gasteiger partial charge in [0.2, 0.25) is 5.91 Å². The van der Waals surface area contributed by atoms with Gasteiger partial charge in [-0.25, -0.2) is 0 Å². The van der Waals surface area contributed by atoms with E-state index in [9.17, 15) is 4.79 Å². The van der Waals surface area contributed by atoms with Crippen LogP contribution in [0.3, 0.4) is 0 Å². The Labute approximate surface area is 148 Å². The molecule has 3 aromatic carbocycles. The normalized spacial score (nSPS) is 16.0. The SMILES string of the molecule is O=C(NCc1ccc2ccccc2c1)C1(c2ccccc2)CCCC1. The van der Waals surface area contributed by atoms with E-state index >= 15 is 0 Å². The molecule has 0 bridgehead atoms. The van der Waals surface area contributed by atoms with E-state index in [1.54, 1.807) is 0 Å². The summed E-state index contributed by atoms with van der Waals surface area (Å²) in [6, 6.07) is 25.0. The van der Waals surface area contributed by atoms with Gasteiger partial charge in [0.1, 0.15) is 0 Å². The Hall–Kier alpha value is -2.61. The van der Waals surface area contributed by atoms with E-state index in [0.29, 0.717) is 6.54 Å². The van der Waals surface area contributed by atoms with E-state index in [2.05, 4.69) is 47.8 Å². The van der Waals surface area contributed by atoms with Crippen molar-refractivity contribution in [3.05, 3.63) is 83.9 Å². The molecule has 0 aromatic heterocycles. The van der Waals surface area contributed by atoms with Gasteiger partial charge in [-0.15, -0.1) is 0 Å². The summed E-state index contributed by atoms with van der Waals surface area (Å²) in [6.45, 7) is 0.582. The topological polar surface area (TPSA) is 29.1 Å². The molecule has 25 heavy (non-hydrogen) atoms. The van der Waals surface area contributed by atoms with Crippen LogP contribution in [0.4, 0.5) is 0 Å². The third-order valence-electron chi connectivity index (χ3n) is 5.49. The highest BCUT2D eigenvalue weighted by atomic mass is 16.2. The largest absolute Gasteiger partial charge is 0.351 e. The van der Waals surface area contributed by atoms with Crippen molar-refractivity contribution in [3.63, 3.8) is 0 Å². The van der Waals surface area contributed by atoms with Crippen molar-refractivity contribution in [1.29, 1.82) is 0 Å². The predicted octanol–water partition coefficient (Wildman–Crippen LogP) is 4.97. The van der Waals surface area contributed by atoms with Crippen molar-refractivity contribution >= 4 is 16.7 Å². The summed E-state index contributed by atoms with van der Waals surface area (Å²) in [7, 11) is 0. The number of carbonyl (C=O) groups excluding carboxylic acids is 1. The van der Waals surface area contributed by atoms with Crippen LogP contribution in [0.1, 0.15) is 36.8 Å². The summed E-state index contributed by atoms with van der Waals surface area (Å²) in [5, 5.41) is 5.65. The molecule has 1 N–H and O–H groups in total. The van der Waals surface area contributed by atoms with Crippen molar-refractivity contribution in [2.75, 3.05) is 0 Å². The van der Waals surface area contributed by atoms with Crippen LogP contribution in [0.2, 0.25) is 0 Å². The van der Waals surface area contributed by atoms with Crippen LogP contribution < -0.4 is 5.32 Å². The van der Waals surface area contributed by atoms with Gasteiger partial charge in [-0.1, -0.05) is 79.6 Å². The Morgan fingerprint density at radius 2 is 1.52 bits per heavy atom. The Bertz CT molecular complexity index is 879. The average molecular weight is 329 g/mol. The highest BCUT2D eigenvalue weighted by molar-refractivity contribution is 5.89. The van der Waals surface area contributed by atoms with Crippen LogP contribution >= 0.6 is 0 Å². The molecule has 1 saturated carbocycles. The van der Waals surface area contributed by atoms with Crippen molar-refractivity contribution in [2.45, 2.75) is 37.6 Å². The molecular formula is C23H23NO. The third-order valence-corrected chi connectivity index (χ3v) is 5.49. The van der Waals surface area contributed by atoms with E-state index < -0.39 is 0 Å². The fourth-order valence-electron chi connectivity index (χ4n) is 4.08. The van der Waals surface area contributed by atoms with Crippen molar-refractivity contribution in [1.82, 2.24) is 5.32 Å². The second kappa shape index (κ2) is 6.72. The van der Waals surface area contributed by atoms with Gasteiger partial charge in [0.05, 0.1) is 5.41 Å². The molecule has 0 radical (unpaired) electrons. The number of nitrogens with one attached hydrogen (secondary N) is 1. The second-order valence-electron chi connectivity index (χ2n) is 7.02. The number of hydrogen-bond donors (Lipinski definition) is 1. The summed E-state index contributed by atoms with van der Waals surface area (Å²) >= 11 is 0. The van der Waals surface area contributed by atoms with Gasteiger partial charge < -0.3 is 5.32 Å². The molecule has 0 aliphatic heterocycles. The fraction of sp³-hybridized carbons (Fsp3) is 0.261. The molecule has 2 heteroatoms. The van der Waals surface area contributed by atoms with Gasteiger partial charge in [-0.05, 0) is 40.8 Å². The first-order chi connectivity index (χ1) is 12.3. The second-order valence-corrected chi connectivity index (χ2v) is 7.02. The smallest absolute Gasteiger partial charge is 0.230 e. The average Bonchev–Trinajstić information content (AvgIpc) is 3.18. The third kappa shape index (κ3) is 3.05. The Balaban J connectivity index is 1.53. The molecule has 0 heterocycles. The minimum absolute atomic E-state index is 0.171. The molecular weight excluding hydrogens is 306 g/mol. The summed E-state index contributed by atoms with van der Waals surface area (Å²) in [6.07, 6.45) is 4.14. The maximum absolute atomic E-state index is 13.1. The fourth-order valence-corrected chi connectivity index (χ4v) is 4.08. The maximum Gasteiger partial charge on any atom is 0.230 e. The zero-order valence-corrected chi connectivity index (χ0v) is 14.4. The molecule has 2 nitrogen and oxygen atoms in total. The van der Waals surface area contributed by atoms with E-state index in [1.165, 1.54) is 10.8 Å². The lowest BCUT2D eigenvalue weighted by atomic mass is 9.78. The molecule has 0 unspecified atom stereocenters. The highest BCUT2D eigenvalue weighted by Crippen LogP contribution is 2.41. The molecule has 0 saturated heterocycles. The molecule has 0 spiro atoms. The zero-order chi connectivity index (χ0) is 17.1. The number of fused-ring (bicyclic) bond motifs is 1. The molecule has 3 aromatic rings. The van der Waals surface area contributed by atoms with Gasteiger partial charge in [0, 0.05) is 6.54 Å². The first kappa shape index (κ1) is 15.9. The Morgan fingerprint density at radius 1 is 0.840 bits per heavy atom. The first-order valence-electron chi connectivity index (χ1n) is 9.09. The number of amides is 1. The van der Waals surface area contributed by atoms with E-state index in [4.69, 9.17) is 0 Å². The van der Waals surface area contributed by atoms with Crippen LogP contribution in [0, 0.1) is 0 Å². The Morgan fingerprint density at radius 3 is 2.28 bits per heavy atom. The summed E-state index contributed by atoms with van der Waals surface area (Å²) in [5.74, 6) is 0.171. The first-order valence-corrected chi connectivity index (χ1v) is 9.09. The Kier molecular flexibility index (Phi) is 4.27. The zero-order valence-electron chi connectivity index (χ0n) is 14.4. The maximum atomic E-state index is 13.1. The molecule has 126 valence electrons. The van der Waals surface area contributed by atoms with Crippen molar-refractivity contribution in [3.8, 4) is 0 Å². The van der Waals surface area contributed by atoms with Crippen LogP contribution in [-0.2, 0) is 16.8 Å². The van der Waals surface area contributed by atoms with Crippen LogP contribution in [0.5, 0.6) is 0 Å². The molecule has 1 amide bonds. The minimum atomic E-state index is -0.349. The minimum Gasteiger partial charge on any atom is -0.351 e. The van der Waals surface area contributed by atoms with Crippen LogP contribution in [0.25, 0.3) is 10.8 Å². The van der Waals surface area contributed by atoms with Gasteiger partial charge in [0.15, 0.2) is 0 Å². The van der Waals surface area contributed by atoms with E-state index in [0.717, 1.165) is 36.8 Å². The monoisotopic (exact) mass is 329 g/mol. The van der Waals surface area contributed by atoms with Crippen LogP contribution in [0.15, 0.2) is 72.8 Å². The summed E-state index contributed by atoms with van der Waals surface area (Å²) in [4.78, 5) is 13.1. The van der Waals surface area contributed by atoms with Crippen molar-refractivity contribution in [2.24, 2.45) is 0 Å². The summed E-state index contributed by atoms with van der Waals surface area (Å²) < 4.78 is 0. The van der Waals surface area contributed by atoms with Gasteiger partial charge in [-0.3, -0.25) is 4.79 Å². The molecule has 0 atom stereocenters. The predicted molar refractivity (Wildman–Crippen MR) is 102 cm³/mol. The molecule has 1 fully saturated rings. The molecule has 4 rings (SSSR count). The quantitative estimate of drug-likeness (QED) is 0.719. The lowest BCUT2D eigenvalue weighted by Gasteiger charge is -2.28. The lowest BCUT2D eigenvalue weighted by Crippen LogP contribution is -2.42. The van der Waals surface area contributed by atoms with Crippen LogP contribution in [-0.4, -0.2) is 5.91 Å². The number of rotatable bonds is 4. The number of carbonyl (C=O) groups is 1. The lowest BCUT2D eigenvalue weighted by molar-refractivity contribution is -0.126. The van der Waals surface area contributed by atoms with Gasteiger partial charge >= 0.3 is 0 Å². The summed E-state index contributed by atoms with van der Waals surface area (Å²) in [5.41, 5.74) is 1.95. The van der Waals surface area contributed by atoms with E-state index in [-0.39, 0.29) is 11.3 Å². The molecule has 1 aliphatic carbocycles. The van der Waals surface area contributed by atoms with Gasteiger partial charge in [-0.2, -0.15) is 0 Å². The standard InChI is InChI=1S/C23H23NO/c25-22(23(14-6-7-15-23)21-10-2-1-3-11-21)24-17-18-12-13-19-8-4-5-9-20(19)16-18/h1-5,8-13,16H,6-7,14-15,17H2,(H,24,25). The highest BCUT2D eigenvalue weighted by Gasteiger charge is 2.42. The number of hydrogen-bond acceptors (Lipinski definition) is 1. The number of benzene rings is 3. The van der Waals surface area contributed by atoms with Gasteiger partial charge in [0.25, 0.3) is 0 Å². The van der Waals surface area contributed by atoms with Crippen molar-refractivity contribution < 1.29 is 4.79 Å².